The summed E-state index contributed by atoms with van der Waals surface area (Å²) in [4.78, 5) is 13.7. The Bertz CT molecular complexity index is 215. The standard InChI is InChI=1S/C13H26N2O2/c1-3-9-15(13(16)17-10-4-2)11-12-7-5-6-8-14-12/h12,14H,3-11H2,1-2H3. The molecule has 0 aromatic rings. The number of hydrogen-bond donors (Lipinski definition) is 1. The number of ether oxygens (including phenoxy) is 1. The van der Waals surface area contributed by atoms with Crippen LogP contribution in [0.2, 0.25) is 0 Å². The van der Waals surface area contributed by atoms with Gasteiger partial charge >= 0.3 is 6.09 Å². The van der Waals surface area contributed by atoms with E-state index in [9.17, 15) is 4.79 Å². The fourth-order valence-corrected chi connectivity index (χ4v) is 2.15. The molecule has 0 saturated carbocycles. The Morgan fingerprint density at radius 3 is 2.76 bits per heavy atom. The Balaban J connectivity index is 2.37. The van der Waals surface area contributed by atoms with Crippen molar-refractivity contribution in [3.05, 3.63) is 0 Å². The lowest BCUT2D eigenvalue weighted by Gasteiger charge is -2.29. The zero-order valence-corrected chi connectivity index (χ0v) is 11.2. The van der Waals surface area contributed by atoms with Crippen LogP contribution in [0, 0.1) is 0 Å². The van der Waals surface area contributed by atoms with Crippen LogP contribution in [-0.4, -0.2) is 43.3 Å². The van der Waals surface area contributed by atoms with Gasteiger partial charge in [0.2, 0.25) is 0 Å². The minimum atomic E-state index is -0.152. The van der Waals surface area contributed by atoms with Gasteiger partial charge in [-0.1, -0.05) is 20.3 Å². The first-order valence-corrected chi connectivity index (χ1v) is 6.93. The third-order valence-corrected chi connectivity index (χ3v) is 3.03. The topological polar surface area (TPSA) is 41.6 Å². The number of nitrogens with zero attached hydrogens (tertiary/aromatic N) is 1. The average Bonchev–Trinajstić information content (AvgIpc) is 2.36. The maximum absolute atomic E-state index is 11.8. The third kappa shape index (κ3) is 5.39. The Labute approximate surface area is 105 Å². The van der Waals surface area contributed by atoms with E-state index < -0.39 is 0 Å². The fourth-order valence-electron chi connectivity index (χ4n) is 2.15. The molecule has 1 saturated heterocycles. The second kappa shape index (κ2) is 8.34. The molecule has 1 rings (SSSR count). The van der Waals surface area contributed by atoms with Gasteiger partial charge in [-0.25, -0.2) is 4.79 Å². The highest BCUT2D eigenvalue weighted by Gasteiger charge is 2.20. The molecule has 0 aromatic heterocycles. The maximum atomic E-state index is 11.8. The van der Waals surface area contributed by atoms with Crippen LogP contribution in [0.1, 0.15) is 46.0 Å². The molecule has 1 fully saturated rings. The molecule has 1 aliphatic rings. The number of carbonyl (C=O) groups is 1. The number of rotatable bonds is 6. The Hall–Kier alpha value is -0.770. The predicted octanol–water partition coefficient (Wildman–Crippen LogP) is 2.39. The molecular formula is C13H26N2O2. The van der Waals surface area contributed by atoms with Gasteiger partial charge in [-0.05, 0) is 32.2 Å². The molecule has 0 aromatic carbocycles. The Kier molecular flexibility index (Phi) is 7.01. The van der Waals surface area contributed by atoms with Crippen molar-refractivity contribution in [2.75, 3.05) is 26.2 Å². The van der Waals surface area contributed by atoms with Crippen molar-refractivity contribution >= 4 is 6.09 Å². The summed E-state index contributed by atoms with van der Waals surface area (Å²) in [6.07, 6.45) is 5.40. The summed E-state index contributed by atoms with van der Waals surface area (Å²) in [7, 11) is 0. The molecule has 0 spiro atoms. The number of carbonyl (C=O) groups excluding carboxylic acids is 1. The second-order valence-corrected chi connectivity index (χ2v) is 4.71. The molecular weight excluding hydrogens is 216 g/mol. The zero-order valence-electron chi connectivity index (χ0n) is 11.2. The van der Waals surface area contributed by atoms with E-state index in [1.165, 1.54) is 19.3 Å². The van der Waals surface area contributed by atoms with Crippen LogP contribution in [0.25, 0.3) is 0 Å². The SMILES string of the molecule is CCCOC(=O)N(CCC)CC1CCCCN1. The van der Waals surface area contributed by atoms with E-state index in [1.54, 1.807) is 0 Å². The summed E-state index contributed by atoms with van der Waals surface area (Å²) < 4.78 is 5.21. The molecule has 0 radical (unpaired) electrons. The van der Waals surface area contributed by atoms with Crippen LogP contribution in [0.4, 0.5) is 4.79 Å². The van der Waals surface area contributed by atoms with Crippen LogP contribution in [0.5, 0.6) is 0 Å². The van der Waals surface area contributed by atoms with E-state index in [-0.39, 0.29) is 6.09 Å². The number of hydrogen-bond acceptors (Lipinski definition) is 3. The number of amides is 1. The first-order valence-electron chi connectivity index (χ1n) is 6.93. The normalized spacial score (nSPS) is 20.0. The van der Waals surface area contributed by atoms with E-state index in [4.69, 9.17) is 4.74 Å². The lowest BCUT2D eigenvalue weighted by atomic mass is 10.0. The highest BCUT2D eigenvalue weighted by molar-refractivity contribution is 5.67. The van der Waals surface area contributed by atoms with Crippen molar-refractivity contribution in [3.8, 4) is 0 Å². The summed E-state index contributed by atoms with van der Waals surface area (Å²) in [6, 6.07) is 0.449. The van der Waals surface area contributed by atoms with Crippen LogP contribution in [0.15, 0.2) is 0 Å². The first kappa shape index (κ1) is 14.3. The molecule has 4 heteroatoms. The zero-order chi connectivity index (χ0) is 12.5. The van der Waals surface area contributed by atoms with E-state index in [2.05, 4.69) is 12.2 Å². The lowest BCUT2D eigenvalue weighted by Crippen LogP contribution is -2.46. The molecule has 1 amide bonds. The van der Waals surface area contributed by atoms with Gasteiger partial charge in [-0.3, -0.25) is 0 Å². The number of piperidine rings is 1. The molecule has 1 N–H and O–H groups in total. The van der Waals surface area contributed by atoms with Crippen molar-refractivity contribution in [1.29, 1.82) is 0 Å². The Morgan fingerprint density at radius 1 is 1.35 bits per heavy atom. The quantitative estimate of drug-likeness (QED) is 0.777. The van der Waals surface area contributed by atoms with Gasteiger partial charge in [0.05, 0.1) is 6.61 Å². The highest BCUT2D eigenvalue weighted by Crippen LogP contribution is 2.09. The molecule has 1 heterocycles. The first-order chi connectivity index (χ1) is 8.27. The molecule has 1 unspecified atom stereocenters. The van der Waals surface area contributed by atoms with E-state index in [1.807, 2.05) is 11.8 Å². The van der Waals surface area contributed by atoms with Gasteiger partial charge in [-0.15, -0.1) is 0 Å². The molecule has 1 atom stereocenters. The maximum Gasteiger partial charge on any atom is 0.409 e. The third-order valence-electron chi connectivity index (χ3n) is 3.03. The van der Waals surface area contributed by atoms with Gasteiger partial charge in [-0.2, -0.15) is 0 Å². The van der Waals surface area contributed by atoms with Gasteiger partial charge in [0.15, 0.2) is 0 Å². The van der Waals surface area contributed by atoms with Crippen molar-refractivity contribution in [2.24, 2.45) is 0 Å². The monoisotopic (exact) mass is 242 g/mol. The van der Waals surface area contributed by atoms with E-state index in [0.29, 0.717) is 12.6 Å². The minimum Gasteiger partial charge on any atom is -0.449 e. The predicted molar refractivity (Wildman–Crippen MR) is 69.1 cm³/mol. The molecule has 0 bridgehead atoms. The Morgan fingerprint density at radius 2 is 2.18 bits per heavy atom. The largest absolute Gasteiger partial charge is 0.449 e. The lowest BCUT2D eigenvalue weighted by molar-refractivity contribution is 0.0967. The molecule has 17 heavy (non-hydrogen) atoms. The minimum absolute atomic E-state index is 0.152. The summed E-state index contributed by atoms with van der Waals surface area (Å²) in [6.45, 7) is 7.29. The van der Waals surface area contributed by atoms with Crippen molar-refractivity contribution in [3.63, 3.8) is 0 Å². The second-order valence-electron chi connectivity index (χ2n) is 4.71. The molecule has 1 aliphatic heterocycles. The smallest absolute Gasteiger partial charge is 0.409 e. The average molecular weight is 242 g/mol. The summed E-state index contributed by atoms with van der Waals surface area (Å²) >= 11 is 0. The van der Waals surface area contributed by atoms with Crippen molar-refractivity contribution < 1.29 is 9.53 Å². The summed E-state index contributed by atoms with van der Waals surface area (Å²) in [5, 5.41) is 3.47. The number of nitrogens with one attached hydrogen (secondary N) is 1. The van der Waals surface area contributed by atoms with E-state index in [0.717, 1.165) is 32.5 Å². The fraction of sp³-hybridized carbons (Fsp3) is 0.923. The van der Waals surface area contributed by atoms with E-state index >= 15 is 0 Å². The van der Waals surface area contributed by atoms with Gasteiger partial charge in [0.25, 0.3) is 0 Å². The molecule has 0 aliphatic carbocycles. The van der Waals surface area contributed by atoms with Gasteiger partial charge in [0.1, 0.15) is 0 Å². The summed E-state index contributed by atoms with van der Waals surface area (Å²) in [5.41, 5.74) is 0. The van der Waals surface area contributed by atoms with Gasteiger partial charge in [0, 0.05) is 19.1 Å². The molecule has 100 valence electrons. The van der Waals surface area contributed by atoms with Crippen molar-refractivity contribution in [2.45, 2.75) is 52.0 Å². The van der Waals surface area contributed by atoms with Crippen LogP contribution in [-0.2, 0) is 4.74 Å². The van der Waals surface area contributed by atoms with Crippen LogP contribution in [0.3, 0.4) is 0 Å². The molecule has 4 nitrogen and oxygen atoms in total. The van der Waals surface area contributed by atoms with Crippen LogP contribution >= 0.6 is 0 Å². The van der Waals surface area contributed by atoms with Crippen molar-refractivity contribution in [1.82, 2.24) is 10.2 Å². The highest BCUT2D eigenvalue weighted by atomic mass is 16.6. The van der Waals surface area contributed by atoms with Gasteiger partial charge < -0.3 is 15.0 Å². The van der Waals surface area contributed by atoms with Crippen LogP contribution < -0.4 is 5.32 Å². The summed E-state index contributed by atoms with van der Waals surface area (Å²) in [5.74, 6) is 0.